The molecule has 1 aromatic heterocycles. The first-order chi connectivity index (χ1) is 16.3. The van der Waals surface area contributed by atoms with E-state index in [-0.39, 0.29) is 10.9 Å². The topological polar surface area (TPSA) is 47.4 Å². The third-order valence-corrected chi connectivity index (χ3v) is 7.94. The molecule has 5 rings (SSSR count). The van der Waals surface area contributed by atoms with Crippen molar-refractivity contribution < 1.29 is 4.74 Å². The molecular weight excluding hydrogens is 430 g/mol. The second kappa shape index (κ2) is 10.7. The summed E-state index contributed by atoms with van der Waals surface area (Å²) in [5.41, 5.74) is 4.86. The zero-order valence-electron chi connectivity index (χ0n) is 19.0. The van der Waals surface area contributed by atoms with Crippen LogP contribution >= 0.6 is 11.8 Å². The molecule has 5 nitrogen and oxygen atoms in total. The second-order valence-corrected chi connectivity index (χ2v) is 9.85. The quantitative estimate of drug-likeness (QED) is 0.369. The molecule has 1 fully saturated rings. The van der Waals surface area contributed by atoms with Gasteiger partial charge in [0, 0.05) is 37.4 Å². The predicted octanol–water partition coefficient (Wildman–Crippen LogP) is 4.34. The minimum absolute atomic E-state index is 0.0972. The Morgan fingerprint density at radius 1 is 0.909 bits per heavy atom. The van der Waals surface area contributed by atoms with Crippen molar-refractivity contribution >= 4 is 11.8 Å². The van der Waals surface area contributed by atoms with Crippen molar-refractivity contribution in [1.29, 1.82) is 0 Å². The molecule has 33 heavy (non-hydrogen) atoms. The standard InChI is InChI=1S/C27H31N3O2S/c31-27-28-26(33-25(21-9-3-1-4-10-21)22-11-5-2-6-12-22)23-13-7-14-24(23)30(27)16-8-15-29-17-19-32-20-18-29/h1-6,9-12,25H,7-8,13-20H2. The van der Waals surface area contributed by atoms with Crippen molar-refractivity contribution in [2.24, 2.45) is 0 Å². The van der Waals surface area contributed by atoms with E-state index in [0.717, 1.165) is 70.1 Å². The van der Waals surface area contributed by atoms with Crippen LogP contribution in [-0.2, 0) is 24.1 Å². The Hall–Kier alpha value is -2.41. The Bertz CT molecular complexity index is 1070. The van der Waals surface area contributed by atoms with Crippen molar-refractivity contribution in [3.63, 3.8) is 0 Å². The lowest BCUT2D eigenvalue weighted by atomic mass is 10.0. The van der Waals surface area contributed by atoms with E-state index in [0.29, 0.717) is 0 Å². The average molecular weight is 462 g/mol. The minimum atomic E-state index is -0.0972. The molecule has 0 amide bonds. The SMILES string of the molecule is O=c1nc(SC(c2ccccc2)c2ccccc2)c2c(n1CCCN1CCOCC1)CCC2. The van der Waals surface area contributed by atoms with Crippen LogP contribution in [0.1, 0.15) is 40.5 Å². The molecule has 0 spiro atoms. The van der Waals surface area contributed by atoms with E-state index in [1.807, 2.05) is 16.7 Å². The van der Waals surface area contributed by atoms with Gasteiger partial charge in [0.1, 0.15) is 5.03 Å². The zero-order chi connectivity index (χ0) is 22.5. The minimum Gasteiger partial charge on any atom is -0.379 e. The Morgan fingerprint density at radius 3 is 2.24 bits per heavy atom. The summed E-state index contributed by atoms with van der Waals surface area (Å²) >= 11 is 1.72. The molecule has 1 aliphatic carbocycles. The number of benzene rings is 2. The molecule has 6 heteroatoms. The monoisotopic (exact) mass is 461 g/mol. The van der Waals surface area contributed by atoms with Gasteiger partial charge in [0.15, 0.2) is 0 Å². The van der Waals surface area contributed by atoms with Gasteiger partial charge in [0.2, 0.25) is 0 Å². The Morgan fingerprint density at radius 2 is 1.58 bits per heavy atom. The molecule has 2 aliphatic rings. The van der Waals surface area contributed by atoms with E-state index >= 15 is 0 Å². The lowest BCUT2D eigenvalue weighted by Gasteiger charge is -2.26. The maximum Gasteiger partial charge on any atom is 0.348 e. The first kappa shape index (κ1) is 22.4. The fraction of sp³-hybridized carbons (Fsp3) is 0.407. The lowest BCUT2D eigenvalue weighted by Crippen LogP contribution is -2.37. The van der Waals surface area contributed by atoms with Crippen molar-refractivity contribution in [1.82, 2.24) is 14.5 Å². The number of thioether (sulfide) groups is 1. The summed E-state index contributed by atoms with van der Waals surface area (Å²) in [6.07, 6.45) is 4.04. The number of nitrogens with zero attached hydrogens (tertiary/aromatic N) is 3. The van der Waals surface area contributed by atoms with Gasteiger partial charge in [-0.3, -0.25) is 9.47 Å². The summed E-state index contributed by atoms with van der Waals surface area (Å²) in [6, 6.07) is 21.1. The fourth-order valence-corrected chi connectivity index (χ4v) is 6.19. The molecule has 2 aromatic carbocycles. The third-order valence-electron chi connectivity index (χ3n) is 6.59. The molecule has 172 valence electrons. The first-order valence-corrected chi connectivity index (χ1v) is 12.9. The van der Waals surface area contributed by atoms with Gasteiger partial charge in [-0.2, -0.15) is 4.98 Å². The van der Waals surface area contributed by atoms with E-state index < -0.39 is 0 Å². The summed E-state index contributed by atoms with van der Waals surface area (Å²) in [7, 11) is 0. The van der Waals surface area contributed by atoms with Gasteiger partial charge in [-0.05, 0) is 36.8 Å². The summed E-state index contributed by atoms with van der Waals surface area (Å²) < 4.78 is 7.39. The summed E-state index contributed by atoms with van der Waals surface area (Å²) in [5.74, 6) is 0. The van der Waals surface area contributed by atoms with Crippen LogP contribution in [0.2, 0.25) is 0 Å². The first-order valence-electron chi connectivity index (χ1n) is 12.0. The lowest BCUT2D eigenvalue weighted by molar-refractivity contribution is 0.0368. The predicted molar refractivity (Wildman–Crippen MR) is 133 cm³/mol. The number of aromatic nitrogens is 2. The van der Waals surface area contributed by atoms with Crippen LogP contribution in [0.25, 0.3) is 0 Å². The number of hydrogen-bond acceptors (Lipinski definition) is 5. The van der Waals surface area contributed by atoms with Crippen LogP contribution in [0.3, 0.4) is 0 Å². The van der Waals surface area contributed by atoms with Crippen LogP contribution in [-0.4, -0.2) is 47.3 Å². The van der Waals surface area contributed by atoms with Crippen LogP contribution in [0.4, 0.5) is 0 Å². The Kier molecular flexibility index (Phi) is 7.24. The van der Waals surface area contributed by atoms with Crippen LogP contribution in [0.5, 0.6) is 0 Å². The molecule has 1 aliphatic heterocycles. The maximum absolute atomic E-state index is 13.1. The molecule has 0 radical (unpaired) electrons. The van der Waals surface area contributed by atoms with Gasteiger partial charge in [-0.15, -0.1) is 0 Å². The molecule has 0 N–H and O–H groups in total. The van der Waals surface area contributed by atoms with Gasteiger partial charge in [-0.1, -0.05) is 72.4 Å². The van der Waals surface area contributed by atoms with Gasteiger partial charge in [-0.25, -0.2) is 4.79 Å². The van der Waals surface area contributed by atoms with E-state index in [4.69, 9.17) is 4.74 Å². The van der Waals surface area contributed by atoms with Crippen molar-refractivity contribution in [2.75, 3.05) is 32.8 Å². The summed E-state index contributed by atoms with van der Waals surface area (Å²) in [4.78, 5) is 20.2. The average Bonchev–Trinajstić information content (AvgIpc) is 3.36. The van der Waals surface area contributed by atoms with Gasteiger partial charge >= 0.3 is 5.69 Å². The highest BCUT2D eigenvalue weighted by Crippen LogP contribution is 2.42. The number of fused-ring (bicyclic) bond motifs is 1. The van der Waals surface area contributed by atoms with Gasteiger partial charge in [0.25, 0.3) is 0 Å². The van der Waals surface area contributed by atoms with Crippen LogP contribution < -0.4 is 5.69 Å². The van der Waals surface area contributed by atoms with Crippen LogP contribution in [0, 0.1) is 0 Å². The van der Waals surface area contributed by atoms with Gasteiger partial charge < -0.3 is 4.74 Å². The van der Waals surface area contributed by atoms with Crippen molar-refractivity contribution in [3.8, 4) is 0 Å². The van der Waals surface area contributed by atoms with E-state index in [1.54, 1.807) is 11.8 Å². The zero-order valence-corrected chi connectivity index (χ0v) is 19.8. The molecule has 2 heterocycles. The van der Waals surface area contributed by atoms with E-state index in [2.05, 4.69) is 58.4 Å². The molecular formula is C27H31N3O2S. The molecule has 0 bridgehead atoms. The second-order valence-electron chi connectivity index (χ2n) is 8.76. The van der Waals surface area contributed by atoms with Crippen LogP contribution in [0.15, 0.2) is 70.5 Å². The van der Waals surface area contributed by atoms with Crippen molar-refractivity contribution in [3.05, 3.63) is 93.5 Å². The van der Waals surface area contributed by atoms with Crippen molar-refractivity contribution in [2.45, 2.75) is 42.5 Å². The normalized spacial score (nSPS) is 16.3. The summed E-state index contributed by atoms with van der Waals surface area (Å²) in [6.45, 7) is 5.35. The smallest absolute Gasteiger partial charge is 0.348 e. The molecule has 3 aromatic rings. The highest BCUT2D eigenvalue weighted by atomic mass is 32.2. The molecule has 0 unspecified atom stereocenters. The van der Waals surface area contributed by atoms with E-state index in [1.165, 1.54) is 22.4 Å². The number of morpholine rings is 1. The molecule has 0 atom stereocenters. The fourth-order valence-electron chi connectivity index (χ4n) is 4.89. The van der Waals surface area contributed by atoms with Gasteiger partial charge in [0.05, 0.1) is 18.5 Å². The largest absolute Gasteiger partial charge is 0.379 e. The molecule has 0 saturated carbocycles. The highest BCUT2D eigenvalue weighted by Gasteiger charge is 2.25. The Labute approximate surface area is 199 Å². The maximum atomic E-state index is 13.1. The summed E-state index contributed by atoms with van der Waals surface area (Å²) in [5, 5.41) is 1.02. The third kappa shape index (κ3) is 5.24. The Balaban J connectivity index is 1.39. The number of rotatable bonds is 8. The number of hydrogen-bond donors (Lipinski definition) is 0. The molecule has 1 saturated heterocycles. The van der Waals surface area contributed by atoms with E-state index in [9.17, 15) is 4.79 Å². The highest BCUT2D eigenvalue weighted by molar-refractivity contribution is 7.99. The number of ether oxygens (including phenoxy) is 1.